The van der Waals surface area contributed by atoms with Crippen LogP contribution in [0.5, 0.6) is 0 Å². The molecular formula is C14H15ClFNO3. The van der Waals surface area contributed by atoms with Crippen molar-refractivity contribution < 1.29 is 19.1 Å². The maximum atomic E-state index is 12.9. The van der Waals surface area contributed by atoms with Crippen LogP contribution in [0.25, 0.3) is 0 Å². The minimum Gasteiger partial charge on any atom is -0.480 e. The average molecular weight is 300 g/mol. The van der Waals surface area contributed by atoms with Gasteiger partial charge in [0.05, 0.1) is 6.42 Å². The summed E-state index contributed by atoms with van der Waals surface area (Å²) in [5, 5.41) is 11.5. The number of rotatable bonds is 6. The van der Waals surface area contributed by atoms with Gasteiger partial charge < -0.3 is 10.4 Å². The Morgan fingerprint density at radius 1 is 1.50 bits per heavy atom. The van der Waals surface area contributed by atoms with Crippen LogP contribution in [0.2, 0.25) is 5.02 Å². The Hall–Kier alpha value is -1.88. The number of benzene rings is 1. The third kappa shape index (κ3) is 5.01. The number of aliphatic carboxylic acids is 1. The molecule has 1 amide bonds. The first-order valence-electron chi connectivity index (χ1n) is 6.01. The Morgan fingerprint density at radius 3 is 2.75 bits per heavy atom. The highest BCUT2D eigenvalue weighted by molar-refractivity contribution is 6.31. The van der Waals surface area contributed by atoms with Gasteiger partial charge in [-0.05, 0) is 31.0 Å². The normalized spacial score (nSPS) is 12.3. The van der Waals surface area contributed by atoms with Crippen molar-refractivity contribution in [3.8, 4) is 0 Å². The summed E-state index contributed by atoms with van der Waals surface area (Å²) in [6.07, 6.45) is 3.47. The number of allylic oxidation sites excluding steroid dienone is 1. The Labute approximate surface area is 121 Å². The quantitative estimate of drug-likeness (QED) is 0.793. The van der Waals surface area contributed by atoms with Gasteiger partial charge in [0.15, 0.2) is 0 Å². The molecule has 20 heavy (non-hydrogen) atoms. The number of halogens is 2. The van der Waals surface area contributed by atoms with Crippen molar-refractivity contribution in [2.75, 3.05) is 0 Å². The monoisotopic (exact) mass is 299 g/mol. The van der Waals surface area contributed by atoms with Crippen LogP contribution in [-0.4, -0.2) is 23.0 Å². The highest BCUT2D eigenvalue weighted by atomic mass is 35.5. The van der Waals surface area contributed by atoms with Crippen molar-refractivity contribution >= 4 is 23.5 Å². The van der Waals surface area contributed by atoms with Crippen LogP contribution < -0.4 is 5.32 Å². The molecule has 0 fully saturated rings. The van der Waals surface area contributed by atoms with E-state index in [2.05, 4.69) is 5.32 Å². The first kappa shape index (κ1) is 16.2. The number of amides is 1. The minimum atomic E-state index is -1.11. The van der Waals surface area contributed by atoms with Gasteiger partial charge in [-0.15, -0.1) is 0 Å². The molecule has 108 valence electrons. The summed E-state index contributed by atoms with van der Waals surface area (Å²) >= 11 is 5.81. The predicted molar refractivity (Wildman–Crippen MR) is 74.1 cm³/mol. The van der Waals surface area contributed by atoms with Crippen LogP contribution in [0.4, 0.5) is 4.39 Å². The van der Waals surface area contributed by atoms with Crippen LogP contribution in [0.3, 0.4) is 0 Å². The van der Waals surface area contributed by atoms with Gasteiger partial charge in [0.2, 0.25) is 5.91 Å². The highest BCUT2D eigenvalue weighted by Crippen LogP contribution is 2.17. The first-order valence-corrected chi connectivity index (χ1v) is 6.39. The molecule has 0 saturated heterocycles. The maximum absolute atomic E-state index is 12.9. The van der Waals surface area contributed by atoms with Gasteiger partial charge in [0.25, 0.3) is 0 Å². The zero-order valence-electron chi connectivity index (χ0n) is 10.9. The van der Waals surface area contributed by atoms with E-state index >= 15 is 0 Å². The van der Waals surface area contributed by atoms with Crippen molar-refractivity contribution in [3.05, 3.63) is 46.8 Å². The van der Waals surface area contributed by atoms with Crippen LogP contribution in [-0.2, 0) is 16.0 Å². The molecule has 0 heterocycles. The molecule has 6 heteroatoms. The fourth-order valence-corrected chi connectivity index (χ4v) is 1.81. The molecular weight excluding hydrogens is 285 g/mol. The number of carbonyl (C=O) groups excluding carboxylic acids is 1. The molecule has 4 nitrogen and oxygen atoms in total. The first-order chi connectivity index (χ1) is 9.43. The van der Waals surface area contributed by atoms with Crippen LogP contribution >= 0.6 is 11.6 Å². The largest absolute Gasteiger partial charge is 0.480 e. The van der Waals surface area contributed by atoms with Crippen LogP contribution in [0, 0.1) is 5.82 Å². The van der Waals surface area contributed by atoms with Gasteiger partial charge in [-0.1, -0.05) is 29.8 Å². The van der Waals surface area contributed by atoms with E-state index in [4.69, 9.17) is 16.7 Å². The number of hydrogen-bond donors (Lipinski definition) is 2. The lowest BCUT2D eigenvalue weighted by Gasteiger charge is -2.13. The SMILES string of the molecule is C/C=C/CC(NC(=O)Cc1ccc(F)cc1Cl)C(=O)O. The summed E-state index contributed by atoms with van der Waals surface area (Å²) in [6, 6.07) is 2.72. The van der Waals surface area contributed by atoms with Gasteiger partial charge in [-0.25, -0.2) is 9.18 Å². The van der Waals surface area contributed by atoms with Gasteiger partial charge in [0, 0.05) is 5.02 Å². The van der Waals surface area contributed by atoms with E-state index in [1.807, 2.05) is 0 Å². The Kier molecular flexibility index (Phi) is 6.18. The molecule has 1 rings (SSSR count). The smallest absolute Gasteiger partial charge is 0.326 e. The topological polar surface area (TPSA) is 66.4 Å². The molecule has 0 aliphatic heterocycles. The van der Waals surface area contributed by atoms with Gasteiger partial charge in [-0.3, -0.25) is 4.79 Å². The zero-order chi connectivity index (χ0) is 15.1. The van der Waals surface area contributed by atoms with Gasteiger partial charge in [-0.2, -0.15) is 0 Å². The summed E-state index contributed by atoms with van der Waals surface area (Å²) in [5.41, 5.74) is 0.445. The van der Waals surface area contributed by atoms with Crippen molar-refractivity contribution in [1.82, 2.24) is 5.32 Å². The standard InChI is InChI=1S/C14H15ClFNO3/c1-2-3-4-12(14(19)20)17-13(18)7-9-5-6-10(16)8-11(9)15/h2-3,5-6,8,12H,4,7H2,1H3,(H,17,18)(H,19,20)/b3-2+. The molecule has 0 bridgehead atoms. The molecule has 1 aromatic carbocycles. The van der Waals surface area contributed by atoms with E-state index in [-0.39, 0.29) is 17.9 Å². The predicted octanol–water partition coefficient (Wildman–Crippen LogP) is 2.56. The molecule has 1 atom stereocenters. The Morgan fingerprint density at radius 2 is 2.20 bits per heavy atom. The molecule has 0 aromatic heterocycles. The summed E-state index contributed by atoms with van der Waals surface area (Å²) < 4.78 is 12.9. The summed E-state index contributed by atoms with van der Waals surface area (Å²) in [6.45, 7) is 1.76. The molecule has 0 aliphatic rings. The molecule has 1 unspecified atom stereocenters. The van der Waals surface area contributed by atoms with Crippen LogP contribution in [0.15, 0.2) is 30.4 Å². The number of nitrogens with one attached hydrogen (secondary N) is 1. The lowest BCUT2D eigenvalue weighted by molar-refractivity contribution is -0.141. The van der Waals surface area contributed by atoms with Crippen molar-refractivity contribution in [2.45, 2.75) is 25.8 Å². The maximum Gasteiger partial charge on any atom is 0.326 e. The van der Waals surface area contributed by atoms with E-state index in [9.17, 15) is 14.0 Å². The van der Waals surface area contributed by atoms with Crippen molar-refractivity contribution in [2.24, 2.45) is 0 Å². The minimum absolute atomic E-state index is 0.0985. The summed E-state index contributed by atoms with van der Waals surface area (Å²) in [7, 11) is 0. The van der Waals surface area contributed by atoms with Crippen molar-refractivity contribution in [3.63, 3.8) is 0 Å². The van der Waals surface area contributed by atoms with E-state index in [0.29, 0.717) is 5.56 Å². The fraction of sp³-hybridized carbons (Fsp3) is 0.286. The summed E-state index contributed by atoms with van der Waals surface area (Å²) in [5.74, 6) is -2.08. The Balaban J connectivity index is 2.67. The fourth-order valence-electron chi connectivity index (χ4n) is 1.58. The number of carboxylic acids is 1. The molecule has 1 aromatic rings. The Bertz CT molecular complexity index is 531. The lowest BCUT2D eigenvalue weighted by Crippen LogP contribution is -2.41. The van der Waals surface area contributed by atoms with Gasteiger partial charge in [0.1, 0.15) is 11.9 Å². The molecule has 2 N–H and O–H groups in total. The highest BCUT2D eigenvalue weighted by Gasteiger charge is 2.19. The molecule has 0 saturated carbocycles. The number of carboxylic acid groups (broad SMARTS) is 1. The van der Waals surface area contributed by atoms with E-state index in [0.717, 1.165) is 6.07 Å². The third-order valence-electron chi connectivity index (χ3n) is 2.61. The van der Waals surface area contributed by atoms with E-state index in [1.165, 1.54) is 12.1 Å². The van der Waals surface area contributed by atoms with Gasteiger partial charge >= 0.3 is 5.97 Å². The van der Waals surface area contributed by atoms with E-state index in [1.54, 1.807) is 19.1 Å². The number of carbonyl (C=O) groups is 2. The van der Waals surface area contributed by atoms with Crippen molar-refractivity contribution in [1.29, 1.82) is 0 Å². The lowest BCUT2D eigenvalue weighted by atomic mass is 10.1. The van der Waals surface area contributed by atoms with E-state index < -0.39 is 23.7 Å². The summed E-state index contributed by atoms with van der Waals surface area (Å²) in [4.78, 5) is 22.8. The zero-order valence-corrected chi connectivity index (χ0v) is 11.7. The molecule has 0 spiro atoms. The second-order valence-electron chi connectivity index (χ2n) is 4.18. The molecule has 0 aliphatic carbocycles. The molecule has 0 radical (unpaired) electrons. The second-order valence-corrected chi connectivity index (χ2v) is 4.58. The third-order valence-corrected chi connectivity index (χ3v) is 2.96. The average Bonchev–Trinajstić information content (AvgIpc) is 2.37. The van der Waals surface area contributed by atoms with Crippen LogP contribution in [0.1, 0.15) is 18.9 Å². The second kappa shape index (κ2) is 7.65. The number of hydrogen-bond acceptors (Lipinski definition) is 2.